The third-order valence-corrected chi connectivity index (χ3v) is 3.32. The van der Waals surface area contributed by atoms with E-state index in [9.17, 15) is 0 Å². The summed E-state index contributed by atoms with van der Waals surface area (Å²) in [5, 5.41) is 8.02. The molecular formula is C9H20NO+. The lowest BCUT2D eigenvalue weighted by atomic mass is 9.78. The fourth-order valence-corrected chi connectivity index (χ4v) is 1.51. The van der Waals surface area contributed by atoms with Crippen molar-refractivity contribution in [1.29, 1.82) is 0 Å². The first-order valence-corrected chi connectivity index (χ1v) is 4.45. The Balaban J connectivity index is 2.68. The van der Waals surface area contributed by atoms with Crippen LogP contribution in [0.15, 0.2) is 0 Å². The summed E-state index contributed by atoms with van der Waals surface area (Å²) in [6.45, 7) is 6.02. The first-order chi connectivity index (χ1) is 4.92. The van der Waals surface area contributed by atoms with Crippen LogP contribution in [0.3, 0.4) is 0 Å². The zero-order valence-corrected chi connectivity index (χ0v) is 7.78. The maximum Gasteiger partial charge on any atom is 0.178 e. The van der Waals surface area contributed by atoms with E-state index in [1.165, 1.54) is 12.8 Å². The predicted octanol–water partition coefficient (Wildman–Crippen LogP) is 1.01. The van der Waals surface area contributed by atoms with E-state index in [-0.39, 0.29) is 5.54 Å². The first kappa shape index (κ1) is 9.01. The Morgan fingerprint density at radius 2 is 1.91 bits per heavy atom. The molecule has 2 heteroatoms. The van der Waals surface area contributed by atoms with Gasteiger partial charge in [0, 0.05) is 13.3 Å². The monoisotopic (exact) mass is 158 g/mol. The van der Waals surface area contributed by atoms with Crippen molar-refractivity contribution in [3.8, 4) is 0 Å². The van der Waals surface area contributed by atoms with Gasteiger partial charge < -0.3 is 10.8 Å². The van der Waals surface area contributed by atoms with Crippen LogP contribution in [-0.2, 0) is 0 Å². The van der Waals surface area contributed by atoms with E-state index in [0.29, 0.717) is 5.92 Å². The Labute approximate surface area is 68.8 Å². The van der Waals surface area contributed by atoms with Crippen LogP contribution >= 0.6 is 0 Å². The minimum atomic E-state index is -0.450. The molecule has 1 aliphatic rings. The first-order valence-electron chi connectivity index (χ1n) is 4.45. The highest BCUT2D eigenvalue weighted by Crippen LogP contribution is 2.44. The fraction of sp³-hybridized carbons (Fsp3) is 1.00. The lowest BCUT2D eigenvalue weighted by Crippen LogP contribution is -2.58. The summed E-state index contributed by atoms with van der Waals surface area (Å²) in [7, 11) is 0. The number of hydrogen-bond acceptors (Lipinski definition) is 1. The molecule has 2 nitrogen and oxygen atoms in total. The number of hydrogen-bond donors (Lipinski definition) is 1. The average molecular weight is 158 g/mol. The molecule has 66 valence electrons. The van der Waals surface area contributed by atoms with Crippen LogP contribution in [-0.4, -0.2) is 16.2 Å². The van der Waals surface area contributed by atoms with E-state index in [2.05, 4.69) is 0 Å². The summed E-state index contributed by atoms with van der Waals surface area (Å²) in [5.74, 6) is 0.602. The summed E-state index contributed by atoms with van der Waals surface area (Å²) in [4.78, 5) is 0. The normalized spacial score (nSPS) is 29.2. The number of rotatable bonds is 3. The molecule has 0 aromatic rings. The second-order valence-corrected chi connectivity index (χ2v) is 4.24. The highest BCUT2D eigenvalue weighted by molar-refractivity contribution is 5.06. The van der Waals surface area contributed by atoms with Crippen LogP contribution in [0.4, 0.5) is 0 Å². The van der Waals surface area contributed by atoms with Gasteiger partial charge in [0.15, 0.2) is 5.60 Å². The van der Waals surface area contributed by atoms with Gasteiger partial charge in [-0.25, -0.2) is 0 Å². The van der Waals surface area contributed by atoms with Gasteiger partial charge in [-0.2, -0.15) is 0 Å². The van der Waals surface area contributed by atoms with Crippen molar-refractivity contribution in [3.05, 3.63) is 0 Å². The van der Waals surface area contributed by atoms with Gasteiger partial charge >= 0.3 is 0 Å². The van der Waals surface area contributed by atoms with Gasteiger partial charge in [-0.3, -0.25) is 0 Å². The van der Waals surface area contributed by atoms with Crippen molar-refractivity contribution in [3.63, 3.8) is 0 Å². The quantitative estimate of drug-likeness (QED) is 0.612. The van der Waals surface area contributed by atoms with Crippen molar-refractivity contribution in [2.24, 2.45) is 11.7 Å². The maximum absolute atomic E-state index is 8.02. The Hall–Kier alpha value is -0.0800. The standard InChI is InChI=1S/C9H19NO/c1-4-8(2,11)9(3,10)7-5-6-7/h7,11H,4-6,10H2,1-3H3/p+1. The van der Waals surface area contributed by atoms with E-state index < -0.39 is 5.60 Å². The van der Waals surface area contributed by atoms with Gasteiger partial charge in [-0.1, -0.05) is 6.92 Å². The van der Waals surface area contributed by atoms with E-state index in [4.69, 9.17) is 10.8 Å². The molecule has 1 saturated carbocycles. The molecule has 0 amide bonds. The van der Waals surface area contributed by atoms with Gasteiger partial charge in [0.05, 0.1) is 5.54 Å². The molecule has 0 aromatic heterocycles. The van der Waals surface area contributed by atoms with Crippen molar-refractivity contribution < 1.29 is 5.11 Å². The highest BCUT2D eigenvalue weighted by atomic mass is 16.3. The summed E-state index contributed by atoms with van der Waals surface area (Å²) in [6.07, 6.45) is 3.29. The maximum atomic E-state index is 8.02. The molecule has 0 heterocycles. The molecule has 2 unspecified atom stereocenters. The van der Waals surface area contributed by atoms with Crippen LogP contribution in [0.1, 0.15) is 40.0 Å². The second-order valence-electron chi connectivity index (χ2n) is 4.24. The molecule has 1 aliphatic carbocycles. The minimum Gasteiger partial charge on any atom is -0.440 e. The van der Waals surface area contributed by atoms with Crippen molar-refractivity contribution >= 4 is 0 Å². The van der Waals surface area contributed by atoms with Crippen LogP contribution in [0, 0.1) is 5.92 Å². The SMILES string of the molecule is CCC(C)([OH2+])C(C)(N)C1CC1. The summed E-state index contributed by atoms with van der Waals surface area (Å²) < 4.78 is 0. The Kier molecular flexibility index (Phi) is 2.01. The molecule has 0 aliphatic heterocycles. The van der Waals surface area contributed by atoms with Gasteiger partial charge in [-0.15, -0.1) is 0 Å². The average Bonchev–Trinajstić information content (AvgIpc) is 2.68. The van der Waals surface area contributed by atoms with Crippen molar-refractivity contribution in [2.45, 2.75) is 51.2 Å². The predicted molar refractivity (Wildman–Crippen MR) is 47.6 cm³/mol. The lowest BCUT2D eigenvalue weighted by molar-refractivity contribution is -0.0249. The van der Waals surface area contributed by atoms with Crippen LogP contribution < -0.4 is 5.73 Å². The van der Waals surface area contributed by atoms with Crippen LogP contribution in [0.5, 0.6) is 0 Å². The second kappa shape index (κ2) is 2.46. The third-order valence-electron chi connectivity index (χ3n) is 3.32. The fourth-order valence-electron chi connectivity index (χ4n) is 1.51. The summed E-state index contributed by atoms with van der Waals surface area (Å²) in [5.41, 5.74) is 5.40. The highest BCUT2D eigenvalue weighted by Gasteiger charge is 2.52. The van der Waals surface area contributed by atoms with E-state index in [1.54, 1.807) is 0 Å². The zero-order chi connectivity index (χ0) is 8.70. The topological polar surface area (TPSA) is 48.9 Å². The molecule has 4 N–H and O–H groups in total. The molecule has 1 rings (SSSR count). The number of nitrogens with two attached hydrogens (primary N) is 1. The summed E-state index contributed by atoms with van der Waals surface area (Å²) in [6, 6.07) is 0. The van der Waals surface area contributed by atoms with Crippen molar-refractivity contribution in [2.75, 3.05) is 0 Å². The van der Waals surface area contributed by atoms with Crippen LogP contribution in [0.25, 0.3) is 0 Å². The summed E-state index contributed by atoms with van der Waals surface area (Å²) >= 11 is 0. The van der Waals surface area contributed by atoms with Gasteiger partial charge in [0.1, 0.15) is 0 Å². The molecule has 0 aromatic carbocycles. The smallest absolute Gasteiger partial charge is 0.178 e. The minimum absolute atomic E-state index is 0.276. The van der Waals surface area contributed by atoms with E-state index in [0.717, 1.165) is 6.42 Å². The largest absolute Gasteiger partial charge is 0.440 e. The van der Waals surface area contributed by atoms with E-state index >= 15 is 0 Å². The Morgan fingerprint density at radius 1 is 1.45 bits per heavy atom. The zero-order valence-electron chi connectivity index (χ0n) is 7.78. The molecule has 1 fully saturated rings. The van der Waals surface area contributed by atoms with Crippen molar-refractivity contribution in [1.82, 2.24) is 0 Å². The third kappa shape index (κ3) is 1.42. The van der Waals surface area contributed by atoms with Gasteiger partial charge in [-0.05, 0) is 25.7 Å². The van der Waals surface area contributed by atoms with Gasteiger partial charge in [0.25, 0.3) is 0 Å². The Bertz CT molecular complexity index is 148. The molecular weight excluding hydrogens is 138 g/mol. The van der Waals surface area contributed by atoms with Crippen LogP contribution in [0.2, 0.25) is 0 Å². The Morgan fingerprint density at radius 3 is 2.18 bits per heavy atom. The molecule has 0 bridgehead atoms. The molecule has 11 heavy (non-hydrogen) atoms. The molecule has 2 atom stereocenters. The van der Waals surface area contributed by atoms with Gasteiger partial charge in [0.2, 0.25) is 0 Å². The molecule has 0 spiro atoms. The molecule has 0 saturated heterocycles. The lowest BCUT2D eigenvalue weighted by Gasteiger charge is -2.35. The van der Waals surface area contributed by atoms with E-state index in [1.807, 2.05) is 20.8 Å². The molecule has 0 radical (unpaired) electrons.